The van der Waals surface area contributed by atoms with Crippen LogP contribution in [0.3, 0.4) is 0 Å². The van der Waals surface area contributed by atoms with Crippen LogP contribution in [0.5, 0.6) is 0 Å². The van der Waals surface area contributed by atoms with Gasteiger partial charge in [-0.3, -0.25) is 0 Å². The zero-order valence-corrected chi connectivity index (χ0v) is 26.3. The third-order valence-electron chi connectivity index (χ3n) is 7.79. The molecule has 3 heterocycles. The van der Waals surface area contributed by atoms with Gasteiger partial charge in [-0.25, -0.2) is 9.97 Å². The third-order valence-corrected chi connectivity index (χ3v) is 9.75. The number of pyridine rings is 1. The van der Waals surface area contributed by atoms with Crippen LogP contribution in [0.1, 0.15) is 52.7 Å². The molecule has 4 aromatic carbocycles. The molecule has 0 unspecified atom stereocenters. The van der Waals surface area contributed by atoms with Gasteiger partial charge in [-0.1, -0.05) is 74.7 Å². The minimum Gasteiger partial charge on any atom is -0.307 e. The van der Waals surface area contributed by atoms with E-state index < -0.39 is 0 Å². The van der Waals surface area contributed by atoms with E-state index >= 15 is 0 Å². The van der Waals surface area contributed by atoms with Crippen molar-refractivity contribution in [2.45, 2.75) is 59.3 Å². The highest BCUT2D eigenvalue weighted by atomic mass is 127. The van der Waals surface area contributed by atoms with E-state index in [1.165, 1.54) is 59.5 Å². The van der Waals surface area contributed by atoms with Crippen LogP contribution in [-0.2, 0) is 12.8 Å². The average molecular weight is 642 g/mol. The summed E-state index contributed by atoms with van der Waals surface area (Å²) in [5.74, 6) is 0. The maximum absolute atomic E-state index is 4.96. The molecule has 0 fully saturated rings. The molecule has 0 aliphatic rings. The van der Waals surface area contributed by atoms with Crippen LogP contribution in [-0.4, -0.2) is 14.4 Å². The first-order valence-corrected chi connectivity index (χ1v) is 17.0. The van der Waals surface area contributed by atoms with Crippen molar-refractivity contribution in [3.8, 4) is 0 Å². The highest BCUT2D eigenvalue weighted by Crippen LogP contribution is 2.44. The summed E-state index contributed by atoms with van der Waals surface area (Å²) in [6.45, 7) is 14.0. The molecule has 0 N–H and O–H groups in total. The van der Waals surface area contributed by atoms with Crippen molar-refractivity contribution in [1.82, 2.24) is 14.4 Å². The fraction of sp³-hybridized carbons (Fsp3) is 0.294. The third kappa shape index (κ3) is 4.07. The lowest BCUT2D eigenvalue weighted by Crippen LogP contribution is -2.12. The summed E-state index contributed by atoms with van der Waals surface area (Å²) in [4.78, 5) is 10.9. The van der Waals surface area contributed by atoms with Crippen molar-refractivity contribution in [3.63, 3.8) is 0 Å². The molecule has 0 amide bonds. The molecule has 3 aromatic heterocycles. The number of hydrogen-bond donors (Lipinski definition) is 0. The minimum absolute atomic E-state index is 0.120. The molecule has 196 valence electrons. The quantitative estimate of drug-likeness (QED) is 0.109. The summed E-state index contributed by atoms with van der Waals surface area (Å²) in [7, 11) is 1.77. The minimum atomic E-state index is 0.120. The molecule has 5 heteroatoms. The van der Waals surface area contributed by atoms with Gasteiger partial charge in [0.25, 0.3) is 0 Å². The van der Waals surface area contributed by atoms with Crippen LogP contribution in [0.2, 0.25) is 0 Å². The molecular weight excluding hydrogens is 609 g/mol. The zero-order chi connectivity index (χ0) is 27.3. The van der Waals surface area contributed by atoms with Crippen LogP contribution in [0.4, 0.5) is 0 Å². The monoisotopic (exact) mass is 641 g/mol. The van der Waals surface area contributed by atoms with Crippen molar-refractivity contribution >= 4 is 90.0 Å². The lowest BCUT2D eigenvalue weighted by molar-refractivity contribution is 0.411. The van der Waals surface area contributed by atoms with Crippen molar-refractivity contribution in [2.24, 2.45) is 10.8 Å². The Balaban J connectivity index is 1.76. The van der Waals surface area contributed by atoms with E-state index in [4.69, 9.17) is 9.97 Å². The molecule has 0 spiro atoms. The predicted octanol–water partition coefficient (Wildman–Crippen LogP) is 10.6. The molecule has 0 aliphatic heterocycles. The van der Waals surface area contributed by atoms with Crippen LogP contribution in [0.25, 0.3) is 59.9 Å². The Morgan fingerprint density at radius 3 is 2.23 bits per heavy atom. The Morgan fingerprint density at radius 2 is 1.49 bits per heavy atom. The molecule has 7 aromatic rings. The normalized spacial score (nSPS) is 13.3. The maximum atomic E-state index is 4.96. The van der Waals surface area contributed by atoms with Gasteiger partial charge in [0.2, 0.25) is 0 Å². The van der Waals surface area contributed by atoms with E-state index in [1.54, 1.807) is 15.3 Å². The van der Waals surface area contributed by atoms with E-state index in [1.807, 2.05) is 0 Å². The number of hydrogen-bond acceptors (Lipinski definition) is 3. The van der Waals surface area contributed by atoms with Gasteiger partial charge < -0.3 is 4.40 Å². The molecule has 0 saturated heterocycles. The van der Waals surface area contributed by atoms with E-state index in [0.29, 0.717) is 0 Å². The first-order chi connectivity index (χ1) is 18.5. The fourth-order valence-corrected chi connectivity index (χ4v) is 7.60. The van der Waals surface area contributed by atoms with E-state index in [2.05, 4.69) is 122 Å². The smallest absolute Gasteiger partial charge is 0.116 e. The summed E-state index contributed by atoms with van der Waals surface area (Å²) >= 11 is 2.39. The number of nitrogens with zero attached hydrogens (tertiary/aromatic N) is 3. The Morgan fingerprint density at radius 1 is 0.744 bits per heavy atom. The standard InChI is InChI=1S/C34H32IN3S/c1-33(2,3)16-19-7-9-22-20(13-19)14-25-30-29-27(36-18-37-30)12-11-24-23-10-8-21(39-35)15-28(23)38(32(24)29)31(25)26(22)17-34(4,5)6/h7-15,18H,16-17H2,1-6H3. The summed E-state index contributed by atoms with van der Waals surface area (Å²) in [5.41, 5.74) is 8.99. The van der Waals surface area contributed by atoms with Gasteiger partial charge in [0.05, 0.1) is 33.0 Å². The number of rotatable bonds is 3. The van der Waals surface area contributed by atoms with Crippen molar-refractivity contribution in [3.05, 3.63) is 72.1 Å². The van der Waals surface area contributed by atoms with Crippen molar-refractivity contribution in [1.29, 1.82) is 0 Å². The average Bonchev–Trinajstić information content (AvgIpc) is 3.20. The first-order valence-electron chi connectivity index (χ1n) is 13.6. The van der Waals surface area contributed by atoms with E-state index in [9.17, 15) is 0 Å². The summed E-state index contributed by atoms with van der Waals surface area (Å²) in [6.07, 6.45) is 3.76. The number of fused-ring (bicyclic) bond motifs is 7. The van der Waals surface area contributed by atoms with E-state index in [0.717, 1.165) is 29.3 Å². The van der Waals surface area contributed by atoms with Gasteiger partial charge in [0, 0.05) is 42.3 Å². The lowest BCUT2D eigenvalue weighted by atomic mass is 9.83. The molecule has 3 nitrogen and oxygen atoms in total. The van der Waals surface area contributed by atoms with Gasteiger partial charge in [-0.2, -0.15) is 0 Å². The summed E-state index contributed by atoms with van der Waals surface area (Å²) < 4.78 is 2.54. The molecule has 0 saturated carbocycles. The number of aromatic nitrogens is 3. The predicted molar refractivity (Wildman–Crippen MR) is 178 cm³/mol. The van der Waals surface area contributed by atoms with Crippen molar-refractivity contribution in [2.75, 3.05) is 0 Å². The molecule has 7 rings (SSSR count). The molecule has 0 radical (unpaired) electrons. The number of halogens is 1. The topological polar surface area (TPSA) is 30.2 Å². The Kier molecular flexibility index (Phi) is 5.64. The lowest BCUT2D eigenvalue weighted by Gasteiger charge is -2.24. The zero-order valence-electron chi connectivity index (χ0n) is 23.3. The van der Waals surface area contributed by atoms with Crippen LogP contribution < -0.4 is 0 Å². The molecule has 0 atom stereocenters. The maximum Gasteiger partial charge on any atom is 0.116 e. The Bertz CT molecular complexity index is 2080. The fourth-order valence-electron chi connectivity index (χ4n) is 6.50. The Labute approximate surface area is 245 Å². The highest BCUT2D eigenvalue weighted by Gasteiger charge is 2.25. The van der Waals surface area contributed by atoms with Gasteiger partial charge in [-0.05, 0) is 75.9 Å². The van der Waals surface area contributed by atoms with Gasteiger partial charge in [0.1, 0.15) is 6.33 Å². The Hall–Kier alpha value is -2.64. The van der Waals surface area contributed by atoms with Crippen LogP contribution >= 0.6 is 30.1 Å². The number of benzene rings is 4. The highest BCUT2D eigenvalue weighted by molar-refractivity contribution is 14.2. The van der Waals surface area contributed by atoms with Crippen LogP contribution in [0, 0.1) is 10.8 Å². The molecular formula is C34H32IN3S. The second-order valence-corrected chi connectivity index (χ2v) is 15.4. The first kappa shape index (κ1) is 25.3. The molecule has 39 heavy (non-hydrogen) atoms. The van der Waals surface area contributed by atoms with Crippen LogP contribution in [0.15, 0.2) is 65.8 Å². The second kappa shape index (κ2) is 8.68. The van der Waals surface area contributed by atoms with Gasteiger partial charge in [0.15, 0.2) is 0 Å². The SMILES string of the molecule is CC(C)(C)Cc1ccc2c(CC(C)(C)C)c3c(cc2c1)c1ncnc2ccc4c5ccc(SI)cc5n3c4c21. The largest absolute Gasteiger partial charge is 0.307 e. The van der Waals surface area contributed by atoms with Crippen molar-refractivity contribution < 1.29 is 0 Å². The second-order valence-electron chi connectivity index (χ2n) is 13.5. The summed E-state index contributed by atoms with van der Waals surface area (Å²) in [5, 5.41) is 7.58. The van der Waals surface area contributed by atoms with Gasteiger partial charge in [-0.15, -0.1) is 0 Å². The van der Waals surface area contributed by atoms with E-state index in [-0.39, 0.29) is 10.8 Å². The molecule has 0 bridgehead atoms. The summed E-state index contributed by atoms with van der Waals surface area (Å²) in [6, 6.07) is 20.8. The van der Waals surface area contributed by atoms with Gasteiger partial charge >= 0.3 is 0 Å². The molecule has 0 aliphatic carbocycles.